The third-order valence-corrected chi connectivity index (χ3v) is 7.62. The summed E-state index contributed by atoms with van der Waals surface area (Å²) < 4.78 is 41.7. The highest BCUT2D eigenvalue weighted by Crippen LogP contribution is 2.30. The van der Waals surface area contributed by atoms with Gasteiger partial charge in [-0.1, -0.05) is 6.07 Å². The van der Waals surface area contributed by atoms with Crippen LogP contribution in [0.25, 0.3) is 11.0 Å². The summed E-state index contributed by atoms with van der Waals surface area (Å²) in [5, 5.41) is 0. The first-order chi connectivity index (χ1) is 13.5. The van der Waals surface area contributed by atoms with E-state index in [1.807, 2.05) is 4.90 Å². The predicted octanol–water partition coefficient (Wildman–Crippen LogP) is 1.63. The molecule has 8 nitrogen and oxygen atoms in total. The van der Waals surface area contributed by atoms with E-state index in [0.717, 1.165) is 37.4 Å². The summed E-state index contributed by atoms with van der Waals surface area (Å²) in [7, 11) is -3.64. The highest BCUT2D eigenvalue weighted by Gasteiger charge is 2.31. The lowest BCUT2D eigenvalue weighted by Crippen LogP contribution is -2.44. The van der Waals surface area contributed by atoms with Crippen LogP contribution in [0.5, 0.6) is 0 Å². The second-order valence-electron chi connectivity index (χ2n) is 7.40. The molecule has 1 N–H and O–H groups in total. The summed E-state index contributed by atoms with van der Waals surface area (Å²) in [6, 6.07) is 5.00. The van der Waals surface area contributed by atoms with Gasteiger partial charge in [-0.25, -0.2) is 13.1 Å². The number of sulfonamides is 1. The number of carbonyl (C=O) groups is 1. The highest BCUT2D eigenvalue weighted by atomic mass is 32.2. The predicted molar refractivity (Wildman–Crippen MR) is 105 cm³/mol. The number of nitrogens with one attached hydrogen (secondary N) is 1. The molecule has 1 aliphatic carbocycles. The molecule has 1 amide bonds. The van der Waals surface area contributed by atoms with Crippen molar-refractivity contribution in [2.75, 3.05) is 32.8 Å². The standard InChI is InChI=1S/C18H24N4O4S2/c23-18(22-8-10-26-11-9-22)14-6-4-13(5-7-14)12-19-28(24,25)16-3-1-2-15-17(16)21-27-20-15/h1-3,13-14,19H,4-12H2. The molecule has 0 radical (unpaired) electrons. The van der Waals surface area contributed by atoms with Gasteiger partial charge in [0.2, 0.25) is 15.9 Å². The SMILES string of the molecule is O=C(C1CCC(CNS(=O)(=O)c2cccc3nsnc23)CC1)N1CCOCC1. The molecule has 1 aliphatic heterocycles. The third-order valence-electron chi connectivity index (χ3n) is 5.62. The average Bonchev–Trinajstić information content (AvgIpc) is 3.21. The lowest BCUT2D eigenvalue weighted by molar-refractivity contribution is -0.140. The fourth-order valence-electron chi connectivity index (χ4n) is 3.96. The molecule has 1 aromatic heterocycles. The number of hydrogen-bond donors (Lipinski definition) is 1. The van der Waals surface area contributed by atoms with Crippen molar-refractivity contribution in [3.8, 4) is 0 Å². The van der Waals surface area contributed by atoms with Crippen molar-refractivity contribution in [3.63, 3.8) is 0 Å². The summed E-state index contributed by atoms with van der Waals surface area (Å²) in [4.78, 5) is 14.7. The van der Waals surface area contributed by atoms with Gasteiger partial charge in [-0.2, -0.15) is 8.75 Å². The summed E-state index contributed by atoms with van der Waals surface area (Å²) in [6.07, 6.45) is 3.33. The Labute approximate surface area is 168 Å². The Kier molecular flexibility index (Phi) is 5.91. The molecule has 0 spiro atoms. The van der Waals surface area contributed by atoms with E-state index in [-0.39, 0.29) is 22.6 Å². The fourth-order valence-corrected chi connectivity index (χ4v) is 5.84. The number of morpholine rings is 1. The number of amides is 1. The molecule has 1 saturated heterocycles. The second-order valence-corrected chi connectivity index (χ2v) is 9.66. The van der Waals surface area contributed by atoms with E-state index in [2.05, 4.69) is 13.5 Å². The Hall–Kier alpha value is -1.62. The van der Waals surface area contributed by atoms with Crippen LogP contribution in [-0.4, -0.2) is 60.8 Å². The molecule has 2 fully saturated rings. The van der Waals surface area contributed by atoms with Crippen LogP contribution in [0.15, 0.2) is 23.1 Å². The molecule has 0 unspecified atom stereocenters. The van der Waals surface area contributed by atoms with E-state index in [9.17, 15) is 13.2 Å². The first-order valence-electron chi connectivity index (χ1n) is 9.62. The van der Waals surface area contributed by atoms with E-state index in [4.69, 9.17) is 4.74 Å². The van der Waals surface area contributed by atoms with Crippen molar-refractivity contribution in [1.82, 2.24) is 18.4 Å². The average molecular weight is 425 g/mol. The monoisotopic (exact) mass is 424 g/mol. The van der Waals surface area contributed by atoms with Crippen molar-refractivity contribution in [1.29, 1.82) is 0 Å². The van der Waals surface area contributed by atoms with E-state index in [1.165, 1.54) is 0 Å². The van der Waals surface area contributed by atoms with Crippen LogP contribution >= 0.6 is 11.7 Å². The van der Waals surface area contributed by atoms with Crippen LogP contribution < -0.4 is 4.72 Å². The first kappa shape index (κ1) is 19.7. The number of fused-ring (bicyclic) bond motifs is 1. The zero-order chi connectivity index (χ0) is 19.6. The molecule has 152 valence electrons. The van der Waals surface area contributed by atoms with E-state index in [0.29, 0.717) is 43.9 Å². The molecule has 2 aliphatic rings. The molecule has 0 atom stereocenters. The molecule has 1 aromatic carbocycles. The van der Waals surface area contributed by atoms with Gasteiger partial charge in [0, 0.05) is 25.6 Å². The molecule has 4 rings (SSSR count). The van der Waals surface area contributed by atoms with Crippen LogP contribution in [0.1, 0.15) is 25.7 Å². The third kappa shape index (κ3) is 4.19. The van der Waals surface area contributed by atoms with Gasteiger partial charge in [-0.15, -0.1) is 0 Å². The molecule has 10 heteroatoms. The van der Waals surface area contributed by atoms with Gasteiger partial charge in [0.15, 0.2) is 0 Å². The fraction of sp³-hybridized carbons (Fsp3) is 0.611. The zero-order valence-electron chi connectivity index (χ0n) is 15.5. The lowest BCUT2D eigenvalue weighted by atomic mass is 9.81. The highest BCUT2D eigenvalue weighted by molar-refractivity contribution is 7.89. The quantitative estimate of drug-likeness (QED) is 0.783. The number of carbonyl (C=O) groups excluding carboxylic acids is 1. The minimum Gasteiger partial charge on any atom is -0.378 e. The molecular weight excluding hydrogens is 400 g/mol. The molecular formula is C18H24N4O4S2. The van der Waals surface area contributed by atoms with Crippen LogP contribution in [0.2, 0.25) is 0 Å². The maximum Gasteiger partial charge on any atom is 0.242 e. The summed E-state index contributed by atoms with van der Waals surface area (Å²) in [6.45, 7) is 2.97. The van der Waals surface area contributed by atoms with Gasteiger partial charge in [0.1, 0.15) is 15.9 Å². The van der Waals surface area contributed by atoms with Gasteiger partial charge >= 0.3 is 0 Å². The van der Waals surface area contributed by atoms with Crippen LogP contribution in [0.3, 0.4) is 0 Å². The zero-order valence-corrected chi connectivity index (χ0v) is 17.2. The maximum atomic E-state index is 12.7. The van der Waals surface area contributed by atoms with Crippen molar-refractivity contribution < 1.29 is 17.9 Å². The summed E-state index contributed by atoms with van der Waals surface area (Å²) >= 11 is 1.01. The van der Waals surface area contributed by atoms with Gasteiger partial charge in [0.25, 0.3) is 0 Å². The lowest BCUT2D eigenvalue weighted by Gasteiger charge is -2.34. The van der Waals surface area contributed by atoms with Crippen molar-refractivity contribution in [2.24, 2.45) is 11.8 Å². The number of ether oxygens (including phenoxy) is 1. The smallest absolute Gasteiger partial charge is 0.242 e. The van der Waals surface area contributed by atoms with Gasteiger partial charge < -0.3 is 9.64 Å². The normalized spacial score (nSPS) is 23.8. The van der Waals surface area contributed by atoms with E-state index < -0.39 is 10.0 Å². The maximum absolute atomic E-state index is 12.7. The van der Waals surface area contributed by atoms with Crippen molar-refractivity contribution in [2.45, 2.75) is 30.6 Å². The second kappa shape index (κ2) is 8.40. The van der Waals surface area contributed by atoms with Gasteiger partial charge in [-0.05, 0) is 43.7 Å². The Bertz CT molecular complexity index is 932. The van der Waals surface area contributed by atoms with Crippen molar-refractivity contribution >= 4 is 38.7 Å². The Morgan fingerprint density at radius 3 is 2.68 bits per heavy atom. The summed E-state index contributed by atoms with van der Waals surface area (Å²) in [5.41, 5.74) is 1.01. The number of hydrogen-bond acceptors (Lipinski definition) is 7. The number of aromatic nitrogens is 2. The Balaban J connectivity index is 1.31. The molecule has 2 heterocycles. The minimum atomic E-state index is -3.64. The summed E-state index contributed by atoms with van der Waals surface area (Å²) in [5.74, 6) is 0.530. The molecule has 0 bridgehead atoms. The van der Waals surface area contributed by atoms with E-state index >= 15 is 0 Å². The van der Waals surface area contributed by atoms with Crippen LogP contribution in [-0.2, 0) is 19.6 Å². The largest absolute Gasteiger partial charge is 0.378 e. The number of rotatable bonds is 5. The van der Waals surface area contributed by atoms with Gasteiger partial charge in [-0.3, -0.25) is 4.79 Å². The topological polar surface area (TPSA) is 101 Å². The molecule has 28 heavy (non-hydrogen) atoms. The van der Waals surface area contributed by atoms with Crippen LogP contribution in [0.4, 0.5) is 0 Å². The van der Waals surface area contributed by atoms with E-state index in [1.54, 1.807) is 18.2 Å². The molecule has 1 saturated carbocycles. The number of benzene rings is 1. The Morgan fingerprint density at radius 2 is 1.93 bits per heavy atom. The van der Waals surface area contributed by atoms with Crippen molar-refractivity contribution in [3.05, 3.63) is 18.2 Å². The minimum absolute atomic E-state index is 0.0563. The first-order valence-corrected chi connectivity index (χ1v) is 11.8. The Morgan fingerprint density at radius 1 is 1.18 bits per heavy atom. The van der Waals surface area contributed by atoms with Gasteiger partial charge in [0.05, 0.1) is 24.9 Å². The van der Waals surface area contributed by atoms with Crippen LogP contribution in [0, 0.1) is 11.8 Å². The molecule has 2 aromatic rings. The number of nitrogens with zero attached hydrogens (tertiary/aromatic N) is 3.